The third kappa shape index (κ3) is 1.44. The summed E-state index contributed by atoms with van der Waals surface area (Å²) in [5.41, 5.74) is 0.248. The summed E-state index contributed by atoms with van der Waals surface area (Å²) in [5, 5.41) is 8.89. The van der Waals surface area contributed by atoms with Crippen LogP contribution in [-0.2, 0) is 4.79 Å². The van der Waals surface area contributed by atoms with E-state index in [9.17, 15) is 4.79 Å². The van der Waals surface area contributed by atoms with Gasteiger partial charge >= 0.3 is 5.97 Å². The van der Waals surface area contributed by atoms with Gasteiger partial charge in [-0.1, -0.05) is 12.8 Å². The van der Waals surface area contributed by atoms with Crippen molar-refractivity contribution in [1.29, 1.82) is 0 Å². The highest BCUT2D eigenvalue weighted by Crippen LogP contribution is 2.47. The van der Waals surface area contributed by atoms with Crippen molar-refractivity contribution in [3.63, 3.8) is 0 Å². The van der Waals surface area contributed by atoms with E-state index in [0.29, 0.717) is 12.3 Å². The molecule has 3 heteroatoms. The zero-order chi connectivity index (χ0) is 10.2. The number of hydrogen-bond acceptors (Lipinski definition) is 2. The third-order valence-corrected chi connectivity index (χ3v) is 4.22. The molecule has 0 aromatic rings. The second-order valence-electron chi connectivity index (χ2n) is 4.82. The van der Waals surface area contributed by atoms with Crippen LogP contribution in [0, 0.1) is 5.92 Å². The van der Waals surface area contributed by atoms with Crippen molar-refractivity contribution >= 4 is 5.97 Å². The standard InChI is InChI=1S/C11H19NO2/c1-12-7-4-9(8-10(13)14)11(12)5-2-3-6-11/h9H,2-8H2,1H3,(H,13,14). The highest BCUT2D eigenvalue weighted by molar-refractivity contribution is 5.67. The number of nitrogens with zero attached hydrogens (tertiary/aromatic N) is 1. The van der Waals surface area contributed by atoms with Crippen LogP contribution in [0.25, 0.3) is 0 Å². The Hall–Kier alpha value is -0.570. The molecule has 2 fully saturated rings. The zero-order valence-corrected chi connectivity index (χ0v) is 8.83. The van der Waals surface area contributed by atoms with Gasteiger partial charge in [0.05, 0.1) is 0 Å². The maximum Gasteiger partial charge on any atom is 0.303 e. The van der Waals surface area contributed by atoms with Crippen molar-refractivity contribution in [3.05, 3.63) is 0 Å². The molecule has 0 aromatic carbocycles. The van der Waals surface area contributed by atoms with Gasteiger partial charge in [0.15, 0.2) is 0 Å². The van der Waals surface area contributed by atoms with Gasteiger partial charge in [-0.05, 0) is 38.8 Å². The monoisotopic (exact) mass is 197 g/mol. The van der Waals surface area contributed by atoms with Crippen LogP contribution < -0.4 is 0 Å². The van der Waals surface area contributed by atoms with Crippen molar-refractivity contribution in [2.75, 3.05) is 13.6 Å². The summed E-state index contributed by atoms with van der Waals surface area (Å²) in [6.07, 6.45) is 6.41. The molecule has 3 nitrogen and oxygen atoms in total. The molecular weight excluding hydrogens is 178 g/mol. The van der Waals surface area contributed by atoms with Gasteiger partial charge in [0.1, 0.15) is 0 Å². The van der Waals surface area contributed by atoms with Gasteiger partial charge in [0.25, 0.3) is 0 Å². The molecule has 14 heavy (non-hydrogen) atoms. The van der Waals surface area contributed by atoms with Gasteiger partial charge in [0, 0.05) is 12.0 Å². The molecule has 0 aromatic heterocycles. The average Bonchev–Trinajstić information content (AvgIpc) is 2.69. The molecule has 1 N–H and O–H groups in total. The van der Waals surface area contributed by atoms with Crippen LogP contribution >= 0.6 is 0 Å². The smallest absolute Gasteiger partial charge is 0.303 e. The molecule has 1 unspecified atom stereocenters. The summed E-state index contributed by atoms with van der Waals surface area (Å²) in [7, 11) is 2.16. The molecule has 1 saturated carbocycles. The van der Waals surface area contributed by atoms with Gasteiger partial charge < -0.3 is 10.0 Å². The minimum Gasteiger partial charge on any atom is -0.481 e. The molecule has 1 aliphatic carbocycles. The average molecular weight is 197 g/mol. The summed E-state index contributed by atoms with van der Waals surface area (Å²) in [6.45, 7) is 1.08. The van der Waals surface area contributed by atoms with Crippen molar-refractivity contribution < 1.29 is 9.90 Å². The number of aliphatic carboxylic acids is 1. The van der Waals surface area contributed by atoms with Crippen LogP contribution in [0.15, 0.2) is 0 Å². The first kappa shape index (κ1) is 9.97. The lowest BCUT2D eigenvalue weighted by molar-refractivity contribution is -0.138. The van der Waals surface area contributed by atoms with E-state index in [0.717, 1.165) is 13.0 Å². The largest absolute Gasteiger partial charge is 0.481 e. The van der Waals surface area contributed by atoms with Crippen molar-refractivity contribution in [1.82, 2.24) is 4.90 Å². The molecule has 0 amide bonds. The molecule has 2 rings (SSSR count). The van der Waals surface area contributed by atoms with E-state index in [1.165, 1.54) is 25.7 Å². The summed E-state index contributed by atoms with van der Waals surface area (Å²) < 4.78 is 0. The van der Waals surface area contributed by atoms with E-state index in [1.807, 2.05) is 0 Å². The van der Waals surface area contributed by atoms with Crippen LogP contribution in [0.1, 0.15) is 38.5 Å². The van der Waals surface area contributed by atoms with Crippen LogP contribution in [0.5, 0.6) is 0 Å². The van der Waals surface area contributed by atoms with Crippen LogP contribution in [-0.4, -0.2) is 35.1 Å². The number of likely N-dealkylation sites (tertiary alicyclic amines) is 1. The fourth-order valence-electron chi connectivity index (χ4n) is 3.43. The summed E-state index contributed by atoms with van der Waals surface area (Å²) in [5.74, 6) is -0.232. The van der Waals surface area contributed by atoms with Gasteiger partial charge in [0.2, 0.25) is 0 Å². The molecular formula is C11H19NO2. The Morgan fingerprint density at radius 2 is 2.14 bits per heavy atom. The minimum absolute atomic E-state index is 0.248. The highest BCUT2D eigenvalue weighted by atomic mass is 16.4. The quantitative estimate of drug-likeness (QED) is 0.733. The lowest BCUT2D eigenvalue weighted by Gasteiger charge is -2.36. The van der Waals surface area contributed by atoms with Crippen molar-refractivity contribution in [2.24, 2.45) is 5.92 Å². The van der Waals surface area contributed by atoms with E-state index >= 15 is 0 Å². The van der Waals surface area contributed by atoms with Crippen molar-refractivity contribution in [3.8, 4) is 0 Å². The van der Waals surface area contributed by atoms with Crippen LogP contribution in [0.4, 0.5) is 0 Å². The summed E-state index contributed by atoms with van der Waals surface area (Å²) >= 11 is 0. The van der Waals surface area contributed by atoms with E-state index in [-0.39, 0.29) is 5.54 Å². The lowest BCUT2D eigenvalue weighted by Crippen LogP contribution is -2.43. The lowest BCUT2D eigenvalue weighted by atomic mass is 9.81. The number of carbonyl (C=O) groups is 1. The first-order valence-electron chi connectivity index (χ1n) is 5.58. The number of carboxylic acids is 1. The highest BCUT2D eigenvalue weighted by Gasteiger charge is 2.48. The Bertz CT molecular complexity index is 233. The SMILES string of the molecule is CN1CCC(CC(=O)O)C12CCCC2. The molecule has 1 saturated heterocycles. The van der Waals surface area contributed by atoms with Gasteiger partial charge in [-0.3, -0.25) is 4.79 Å². The van der Waals surface area contributed by atoms with E-state index in [4.69, 9.17) is 5.11 Å². The topological polar surface area (TPSA) is 40.5 Å². The van der Waals surface area contributed by atoms with E-state index in [2.05, 4.69) is 11.9 Å². The minimum atomic E-state index is -0.628. The molecule has 1 heterocycles. The maximum absolute atomic E-state index is 10.8. The van der Waals surface area contributed by atoms with Gasteiger partial charge in [-0.15, -0.1) is 0 Å². The Morgan fingerprint density at radius 1 is 1.50 bits per heavy atom. The number of hydrogen-bond donors (Lipinski definition) is 1. The molecule has 1 spiro atoms. The van der Waals surface area contributed by atoms with Crippen LogP contribution in [0.2, 0.25) is 0 Å². The molecule has 0 radical (unpaired) electrons. The fourth-order valence-corrected chi connectivity index (χ4v) is 3.43. The molecule has 0 bridgehead atoms. The molecule has 2 aliphatic rings. The Labute approximate surface area is 85.1 Å². The Balaban J connectivity index is 2.12. The summed E-state index contributed by atoms with van der Waals surface area (Å²) in [4.78, 5) is 13.2. The second-order valence-corrected chi connectivity index (χ2v) is 4.82. The van der Waals surface area contributed by atoms with E-state index < -0.39 is 5.97 Å². The van der Waals surface area contributed by atoms with Crippen LogP contribution in [0.3, 0.4) is 0 Å². The van der Waals surface area contributed by atoms with Crippen molar-refractivity contribution in [2.45, 2.75) is 44.1 Å². The van der Waals surface area contributed by atoms with Gasteiger partial charge in [-0.25, -0.2) is 0 Å². The third-order valence-electron chi connectivity index (χ3n) is 4.22. The number of rotatable bonds is 2. The number of carboxylic acid groups (broad SMARTS) is 1. The summed E-state index contributed by atoms with van der Waals surface area (Å²) in [6, 6.07) is 0. The fraction of sp³-hybridized carbons (Fsp3) is 0.909. The predicted octanol–water partition coefficient (Wildman–Crippen LogP) is 1.73. The maximum atomic E-state index is 10.8. The zero-order valence-electron chi connectivity index (χ0n) is 8.83. The first-order valence-corrected chi connectivity index (χ1v) is 5.58. The normalized spacial score (nSPS) is 31.4. The Morgan fingerprint density at radius 3 is 2.71 bits per heavy atom. The molecule has 80 valence electrons. The first-order chi connectivity index (χ1) is 6.65. The second kappa shape index (κ2) is 3.54. The molecule has 1 aliphatic heterocycles. The Kier molecular flexibility index (Phi) is 2.52. The van der Waals surface area contributed by atoms with E-state index in [1.54, 1.807) is 0 Å². The molecule has 1 atom stereocenters. The van der Waals surface area contributed by atoms with Gasteiger partial charge in [-0.2, -0.15) is 0 Å². The predicted molar refractivity (Wildman–Crippen MR) is 54.2 cm³/mol.